The number of aryl methyl sites for hydroxylation is 2. The summed E-state index contributed by atoms with van der Waals surface area (Å²) in [6.45, 7) is 8.83. The van der Waals surface area contributed by atoms with Gasteiger partial charge >= 0.3 is 0 Å². The Bertz CT molecular complexity index is 429. The van der Waals surface area contributed by atoms with Crippen LogP contribution >= 0.6 is 11.6 Å². The second-order valence-corrected chi connectivity index (χ2v) is 5.48. The Morgan fingerprint density at radius 3 is 2.35 bits per heavy atom. The summed E-state index contributed by atoms with van der Waals surface area (Å²) in [5.41, 5.74) is 4.46. The zero-order valence-electron chi connectivity index (χ0n) is 13.2. The van der Waals surface area contributed by atoms with Crippen molar-refractivity contribution in [1.82, 2.24) is 15.2 Å². The Kier molecular flexibility index (Phi) is 6.45. The van der Waals surface area contributed by atoms with Gasteiger partial charge in [0.15, 0.2) is 0 Å². The molecular formula is C14H27ClN4O. The summed E-state index contributed by atoms with van der Waals surface area (Å²) in [6, 6.07) is -0.00949. The van der Waals surface area contributed by atoms with Crippen molar-refractivity contribution < 1.29 is 4.74 Å². The minimum absolute atomic E-state index is 0.00949. The first kappa shape index (κ1) is 17.4. The van der Waals surface area contributed by atoms with E-state index in [1.807, 2.05) is 25.6 Å². The van der Waals surface area contributed by atoms with Gasteiger partial charge in [-0.05, 0) is 26.7 Å². The molecule has 0 aromatic carbocycles. The summed E-state index contributed by atoms with van der Waals surface area (Å²) in [7, 11) is 1.90. The van der Waals surface area contributed by atoms with Gasteiger partial charge < -0.3 is 4.74 Å². The molecule has 1 aromatic heterocycles. The van der Waals surface area contributed by atoms with Gasteiger partial charge in [-0.1, -0.05) is 25.4 Å². The van der Waals surface area contributed by atoms with Crippen LogP contribution in [0.1, 0.15) is 45.0 Å². The van der Waals surface area contributed by atoms with Crippen LogP contribution in [0, 0.1) is 6.92 Å². The molecule has 0 aliphatic carbocycles. The Morgan fingerprint density at radius 2 is 2.00 bits per heavy atom. The number of hydrazine groups is 1. The molecule has 0 aliphatic heterocycles. The highest BCUT2D eigenvalue weighted by molar-refractivity contribution is 6.31. The molecule has 116 valence electrons. The number of hydrogen-bond donors (Lipinski definition) is 2. The van der Waals surface area contributed by atoms with E-state index < -0.39 is 0 Å². The molecule has 0 fully saturated rings. The minimum atomic E-state index is -0.287. The minimum Gasteiger partial charge on any atom is -0.374 e. The van der Waals surface area contributed by atoms with Gasteiger partial charge in [0, 0.05) is 20.1 Å². The van der Waals surface area contributed by atoms with E-state index in [0.717, 1.165) is 24.2 Å². The van der Waals surface area contributed by atoms with E-state index in [2.05, 4.69) is 24.4 Å². The second kappa shape index (κ2) is 7.41. The van der Waals surface area contributed by atoms with Crippen molar-refractivity contribution in [2.75, 3.05) is 6.61 Å². The predicted molar refractivity (Wildman–Crippen MR) is 82.7 cm³/mol. The van der Waals surface area contributed by atoms with Gasteiger partial charge in [0.05, 0.1) is 28.1 Å². The molecule has 0 spiro atoms. The molecule has 1 aromatic rings. The molecule has 0 bridgehead atoms. The molecule has 1 atom stereocenters. The third-order valence-electron chi connectivity index (χ3n) is 4.12. The number of nitrogens with zero attached hydrogens (tertiary/aromatic N) is 2. The number of halogens is 1. The monoisotopic (exact) mass is 302 g/mol. The van der Waals surface area contributed by atoms with E-state index in [9.17, 15) is 0 Å². The first-order chi connectivity index (χ1) is 9.45. The van der Waals surface area contributed by atoms with Crippen molar-refractivity contribution in [2.24, 2.45) is 12.9 Å². The maximum absolute atomic E-state index is 6.34. The van der Waals surface area contributed by atoms with Crippen molar-refractivity contribution in [2.45, 2.75) is 58.6 Å². The zero-order chi connectivity index (χ0) is 15.3. The fraction of sp³-hybridized carbons (Fsp3) is 0.786. The standard InChI is InChI=1S/C14H27ClN4O/c1-6-14(7-2,20-8-3)12(17-16)9-11-13(15)10(4)18-19(11)5/h12,17H,6-9,16H2,1-5H3. The van der Waals surface area contributed by atoms with Crippen LogP contribution in [0.15, 0.2) is 0 Å². The summed E-state index contributed by atoms with van der Waals surface area (Å²) in [5, 5.41) is 5.07. The highest BCUT2D eigenvalue weighted by Gasteiger charge is 2.37. The second-order valence-electron chi connectivity index (χ2n) is 5.10. The van der Waals surface area contributed by atoms with Crippen molar-refractivity contribution in [1.29, 1.82) is 0 Å². The van der Waals surface area contributed by atoms with Crippen molar-refractivity contribution in [3.63, 3.8) is 0 Å². The SMILES string of the molecule is CCOC(CC)(CC)C(Cc1c(Cl)c(C)nn1C)NN. The van der Waals surface area contributed by atoms with Crippen molar-refractivity contribution >= 4 is 11.6 Å². The first-order valence-electron chi connectivity index (χ1n) is 7.23. The van der Waals surface area contributed by atoms with Gasteiger partial charge in [-0.2, -0.15) is 5.10 Å². The van der Waals surface area contributed by atoms with Crippen LogP contribution < -0.4 is 11.3 Å². The zero-order valence-corrected chi connectivity index (χ0v) is 13.9. The first-order valence-corrected chi connectivity index (χ1v) is 7.61. The van der Waals surface area contributed by atoms with Gasteiger partial charge in [-0.15, -0.1) is 0 Å². The maximum atomic E-state index is 6.34. The molecule has 20 heavy (non-hydrogen) atoms. The number of nitrogens with two attached hydrogens (primary N) is 1. The molecule has 6 heteroatoms. The molecule has 0 radical (unpaired) electrons. The molecule has 0 saturated carbocycles. The summed E-state index contributed by atoms with van der Waals surface area (Å²) in [5.74, 6) is 5.79. The van der Waals surface area contributed by atoms with Crippen molar-refractivity contribution in [3.05, 3.63) is 16.4 Å². The normalized spacial score (nSPS) is 13.8. The lowest BCUT2D eigenvalue weighted by molar-refractivity contribution is -0.0722. The Morgan fingerprint density at radius 1 is 1.40 bits per heavy atom. The molecular weight excluding hydrogens is 276 g/mol. The predicted octanol–water partition coefficient (Wildman–Crippen LogP) is 2.35. The molecule has 0 aliphatic rings. The number of ether oxygens (including phenoxy) is 1. The van der Waals surface area contributed by atoms with Crippen LogP contribution in [-0.2, 0) is 18.2 Å². The highest BCUT2D eigenvalue weighted by Crippen LogP contribution is 2.29. The Hall–Kier alpha value is -0.620. The molecule has 0 saturated heterocycles. The number of aromatic nitrogens is 2. The van der Waals surface area contributed by atoms with Crippen molar-refractivity contribution in [3.8, 4) is 0 Å². The molecule has 1 heterocycles. The number of nitrogens with one attached hydrogen (secondary N) is 1. The molecule has 1 rings (SSSR count). The van der Waals surface area contributed by atoms with Crippen LogP contribution in [0.3, 0.4) is 0 Å². The van der Waals surface area contributed by atoms with Crippen LogP contribution in [0.5, 0.6) is 0 Å². The topological polar surface area (TPSA) is 65.1 Å². The van der Waals surface area contributed by atoms with Gasteiger partial charge in [0.2, 0.25) is 0 Å². The Balaban J connectivity index is 3.06. The molecule has 1 unspecified atom stereocenters. The third-order valence-corrected chi connectivity index (χ3v) is 4.62. The lowest BCUT2D eigenvalue weighted by Crippen LogP contribution is -2.55. The van der Waals surface area contributed by atoms with E-state index in [0.29, 0.717) is 18.1 Å². The maximum Gasteiger partial charge on any atom is 0.0847 e. The van der Waals surface area contributed by atoms with Crippen LogP contribution in [0.4, 0.5) is 0 Å². The molecule has 5 nitrogen and oxygen atoms in total. The van der Waals surface area contributed by atoms with E-state index in [1.54, 1.807) is 0 Å². The van der Waals surface area contributed by atoms with Gasteiger partial charge in [-0.25, -0.2) is 0 Å². The summed E-state index contributed by atoms with van der Waals surface area (Å²) in [6.07, 6.45) is 2.47. The molecule has 0 amide bonds. The number of hydrogen-bond acceptors (Lipinski definition) is 4. The number of rotatable bonds is 8. The summed E-state index contributed by atoms with van der Waals surface area (Å²) in [4.78, 5) is 0. The fourth-order valence-electron chi connectivity index (χ4n) is 2.83. The van der Waals surface area contributed by atoms with E-state index in [4.69, 9.17) is 22.2 Å². The van der Waals surface area contributed by atoms with Crippen LogP contribution in [0.25, 0.3) is 0 Å². The average Bonchev–Trinajstić information content (AvgIpc) is 2.68. The van der Waals surface area contributed by atoms with E-state index >= 15 is 0 Å². The largest absolute Gasteiger partial charge is 0.374 e. The summed E-state index contributed by atoms with van der Waals surface area (Å²) >= 11 is 6.34. The lowest BCUT2D eigenvalue weighted by atomic mass is 9.85. The van der Waals surface area contributed by atoms with Gasteiger partial charge in [-0.3, -0.25) is 16.0 Å². The van der Waals surface area contributed by atoms with Crippen LogP contribution in [-0.4, -0.2) is 28.0 Å². The fourth-order valence-corrected chi connectivity index (χ4v) is 3.06. The van der Waals surface area contributed by atoms with E-state index in [1.165, 1.54) is 0 Å². The Labute approximate surface area is 126 Å². The van der Waals surface area contributed by atoms with E-state index in [-0.39, 0.29) is 11.6 Å². The van der Waals surface area contributed by atoms with Crippen LogP contribution in [0.2, 0.25) is 5.02 Å². The highest BCUT2D eigenvalue weighted by atomic mass is 35.5. The third kappa shape index (κ3) is 3.34. The lowest BCUT2D eigenvalue weighted by Gasteiger charge is -2.39. The van der Waals surface area contributed by atoms with Gasteiger partial charge in [0.1, 0.15) is 0 Å². The molecule has 3 N–H and O–H groups in total. The quantitative estimate of drug-likeness (QED) is 0.571. The smallest absolute Gasteiger partial charge is 0.0847 e. The summed E-state index contributed by atoms with van der Waals surface area (Å²) < 4.78 is 7.85. The average molecular weight is 303 g/mol. The van der Waals surface area contributed by atoms with Gasteiger partial charge in [0.25, 0.3) is 0 Å².